The van der Waals surface area contributed by atoms with E-state index in [0.29, 0.717) is 11.4 Å². The molecule has 16 heavy (non-hydrogen) atoms. The van der Waals surface area contributed by atoms with Crippen molar-refractivity contribution in [3.63, 3.8) is 0 Å². The summed E-state index contributed by atoms with van der Waals surface area (Å²) in [6, 6.07) is 3.17. The van der Waals surface area contributed by atoms with Crippen LogP contribution in [0.3, 0.4) is 0 Å². The minimum Gasteiger partial charge on any atom is -0.466 e. The van der Waals surface area contributed by atoms with Crippen molar-refractivity contribution in [2.75, 3.05) is 13.4 Å². The molecule has 0 spiro atoms. The largest absolute Gasteiger partial charge is 0.466 e. The highest BCUT2D eigenvalue weighted by Crippen LogP contribution is 2.15. The first-order valence-corrected chi connectivity index (χ1v) is 4.83. The topological polar surface area (TPSA) is 31.4 Å². The van der Waals surface area contributed by atoms with Gasteiger partial charge >= 0.3 is 6.18 Å². The van der Waals surface area contributed by atoms with Crippen LogP contribution in [0.4, 0.5) is 13.2 Å². The molecule has 1 aromatic rings. The summed E-state index contributed by atoms with van der Waals surface area (Å²) in [6.45, 7) is -1.80. The van der Waals surface area contributed by atoms with Crippen molar-refractivity contribution in [1.29, 1.82) is 0 Å². The lowest BCUT2D eigenvalue weighted by Crippen LogP contribution is -2.19. The third-order valence-corrected chi connectivity index (χ3v) is 1.78. The van der Waals surface area contributed by atoms with E-state index in [2.05, 4.69) is 9.72 Å². The highest BCUT2D eigenvalue weighted by atomic mass is 35.5. The lowest BCUT2D eigenvalue weighted by atomic mass is 10.4. The van der Waals surface area contributed by atoms with Crippen LogP contribution < -0.4 is 4.74 Å². The summed E-state index contributed by atoms with van der Waals surface area (Å²) in [5.41, 5.74) is 0.658. The van der Waals surface area contributed by atoms with Crippen LogP contribution in [0.1, 0.15) is 5.69 Å². The van der Waals surface area contributed by atoms with Gasteiger partial charge in [0.1, 0.15) is 12.4 Å². The van der Waals surface area contributed by atoms with Gasteiger partial charge in [-0.15, -0.1) is 11.6 Å². The van der Waals surface area contributed by atoms with Crippen molar-refractivity contribution >= 4 is 11.6 Å². The Labute approximate surface area is 95.1 Å². The van der Waals surface area contributed by atoms with Gasteiger partial charge in [0.05, 0.1) is 17.8 Å². The molecule has 7 heteroatoms. The Morgan fingerprint density at radius 3 is 2.56 bits per heavy atom. The molecule has 0 aliphatic rings. The molecule has 0 N–H and O–H groups in total. The summed E-state index contributed by atoms with van der Waals surface area (Å²) in [5.74, 6) is 0.598. The molecule has 1 aromatic heterocycles. The molecule has 0 radical (unpaired) electrons. The van der Waals surface area contributed by atoms with Crippen LogP contribution in [0, 0.1) is 0 Å². The molecule has 1 rings (SSSR count). The summed E-state index contributed by atoms with van der Waals surface area (Å²) in [5, 5.41) is 0. The van der Waals surface area contributed by atoms with Crippen LogP contribution >= 0.6 is 11.6 Å². The van der Waals surface area contributed by atoms with Crippen molar-refractivity contribution in [3.8, 4) is 5.75 Å². The Morgan fingerprint density at radius 2 is 2.06 bits per heavy atom. The molecular formula is C9H9ClF3NO2. The van der Waals surface area contributed by atoms with Crippen molar-refractivity contribution in [2.24, 2.45) is 0 Å². The van der Waals surface area contributed by atoms with Crippen LogP contribution in [-0.2, 0) is 10.6 Å². The molecule has 0 aliphatic carbocycles. The zero-order valence-electron chi connectivity index (χ0n) is 8.13. The third kappa shape index (κ3) is 5.18. The minimum atomic E-state index is -4.34. The van der Waals surface area contributed by atoms with E-state index in [0.717, 1.165) is 0 Å². The first-order chi connectivity index (χ1) is 7.51. The summed E-state index contributed by atoms with van der Waals surface area (Å²) in [4.78, 5) is 3.89. The fourth-order valence-electron chi connectivity index (χ4n) is 0.842. The van der Waals surface area contributed by atoms with Gasteiger partial charge in [0.25, 0.3) is 0 Å². The smallest absolute Gasteiger partial charge is 0.411 e. The molecular weight excluding hydrogens is 247 g/mol. The summed E-state index contributed by atoms with van der Waals surface area (Å²) >= 11 is 5.50. The average molecular weight is 256 g/mol. The van der Waals surface area contributed by atoms with E-state index in [1.165, 1.54) is 6.20 Å². The Morgan fingerprint density at radius 1 is 1.31 bits per heavy atom. The van der Waals surface area contributed by atoms with E-state index in [4.69, 9.17) is 16.3 Å². The van der Waals surface area contributed by atoms with Gasteiger partial charge in [0.2, 0.25) is 0 Å². The van der Waals surface area contributed by atoms with E-state index < -0.39 is 19.6 Å². The minimum absolute atomic E-state index is 0.269. The standard InChI is InChI=1S/C9H9ClF3NO2/c10-3-7-1-2-8(4-14-7)16-6-15-5-9(11,12)13/h1-2,4H,3,5-6H2. The van der Waals surface area contributed by atoms with Gasteiger partial charge in [0.15, 0.2) is 6.79 Å². The fourth-order valence-corrected chi connectivity index (χ4v) is 1.00. The molecule has 0 saturated heterocycles. The van der Waals surface area contributed by atoms with Gasteiger partial charge in [0, 0.05) is 0 Å². The maximum atomic E-state index is 11.7. The number of halogens is 4. The zero-order chi connectivity index (χ0) is 12.0. The third-order valence-electron chi connectivity index (χ3n) is 1.51. The second-order valence-corrected chi connectivity index (χ2v) is 3.11. The van der Waals surface area contributed by atoms with E-state index in [-0.39, 0.29) is 5.88 Å². The van der Waals surface area contributed by atoms with Crippen molar-refractivity contribution < 1.29 is 22.6 Å². The van der Waals surface area contributed by atoms with Crippen LogP contribution in [0.15, 0.2) is 18.3 Å². The van der Waals surface area contributed by atoms with Gasteiger partial charge in [-0.1, -0.05) is 0 Å². The first-order valence-electron chi connectivity index (χ1n) is 4.29. The molecule has 0 unspecified atom stereocenters. The van der Waals surface area contributed by atoms with Gasteiger partial charge < -0.3 is 9.47 Å². The molecule has 0 aromatic carbocycles. The second-order valence-electron chi connectivity index (χ2n) is 2.84. The maximum Gasteiger partial charge on any atom is 0.411 e. The quantitative estimate of drug-likeness (QED) is 0.461. The number of hydrogen-bond donors (Lipinski definition) is 0. The Hall–Kier alpha value is -1.01. The lowest BCUT2D eigenvalue weighted by molar-refractivity contribution is -0.186. The predicted molar refractivity (Wildman–Crippen MR) is 51.3 cm³/mol. The SMILES string of the molecule is FC(F)(F)COCOc1ccc(CCl)nc1. The molecule has 1 heterocycles. The Balaban J connectivity index is 2.27. The van der Waals surface area contributed by atoms with Gasteiger partial charge in [-0.2, -0.15) is 13.2 Å². The summed E-state index contributed by atoms with van der Waals surface area (Å²) in [6.07, 6.45) is -2.97. The van der Waals surface area contributed by atoms with E-state index in [1.54, 1.807) is 12.1 Å². The molecule has 3 nitrogen and oxygen atoms in total. The predicted octanol–water partition coefficient (Wildman–Crippen LogP) is 2.74. The molecule has 0 atom stereocenters. The summed E-state index contributed by atoms with van der Waals surface area (Å²) in [7, 11) is 0. The normalized spacial score (nSPS) is 11.5. The number of aromatic nitrogens is 1. The monoisotopic (exact) mass is 255 g/mol. The number of pyridine rings is 1. The van der Waals surface area contributed by atoms with Crippen LogP contribution in [0.2, 0.25) is 0 Å². The zero-order valence-corrected chi connectivity index (χ0v) is 8.88. The highest BCUT2D eigenvalue weighted by molar-refractivity contribution is 6.16. The fraction of sp³-hybridized carbons (Fsp3) is 0.444. The number of rotatable bonds is 5. The maximum absolute atomic E-state index is 11.7. The number of alkyl halides is 4. The van der Waals surface area contributed by atoms with Crippen molar-refractivity contribution in [3.05, 3.63) is 24.0 Å². The molecule has 0 amide bonds. The van der Waals surface area contributed by atoms with Crippen molar-refractivity contribution in [1.82, 2.24) is 4.98 Å². The number of nitrogens with zero attached hydrogens (tertiary/aromatic N) is 1. The Kier molecular flexibility index (Phi) is 4.82. The van der Waals surface area contributed by atoms with Gasteiger partial charge in [-0.25, -0.2) is 0 Å². The highest BCUT2D eigenvalue weighted by Gasteiger charge is 2.27. The van der Waals surface area contributed by atoms with E-state index >= 15 is 0 Å². The molecule has 0 saturated carbocycles. The molecule has 0 aliphatic heterocycles. The second kappa shape index (κ2) is 5.91. The van der Waals surface area contributed by atoms with Crippen LogP contribution in [0.5, 0.6) is 5.75 Å². The van der Waals surface area contributed by atoms with Crippen LogP contribution in [-0.4, -0.2) is 24.6 Å². The lowest BCUT2D eigenvalue weighted by Gasteiger charge is -2.09. The number of hydrogen-bond acceptors (Lipinski definition) is 3. The van der Waals surface area contributed by atoms with Gasteiger partial charge in [-0.3, -0.25) is 4.98 Å². The average Bonchev–Trinajstić information content (AvgIpc) is 2.24. The molecule has 0 fully saturated rings. The van der Waals surface area contributed by atoms with E-state index in [1.807, 2.05) is 0 Å². The van der Waals surface area contributed by atoms with Gasteiger partial charge in [-0.05, 0) is 12.1 Å². The first kappa shape index (κ1) is 13.1. The molecule has 90 valence electrons. The van der Waals surface area contributed by atoms with E-state index in [9.17, 15) is 13.2 Å². The molecule has 0 bridgehead atoms. The van der Waals surface area contributed by atoms with Crippen LogP contribution in [0.25, 0.3) is 0 Å². The summed E-state index contributed by atoms with van der Waals surface area (Å²) < 4.78 is 44.1. The Bertz CT molecular complexity index is 316. The number of ether oxygens (including phenoxy) is 2. The van der Waals surface area contributed by atoms with Crippen molar-refractivity contribution in [2.45, 2.75) is 12.1 Å².